The molecule has 0 aromatic rings. The zero-order valence-corrected chi connectivity index (χ0v) is 10.0. The number of hydroxylamine groups is 1. The highest BCUT2D eigenvalue weighted by molar-refractivity contribution is 8.00. The second kappa shape index (κ2) is 7.48. The number of thioether (sulfide) groups is 1. The van der Waals surface area contributed by atoms with Crippen LogP contribution in [-0.2, 0) is 19.2 Å². The van der Waals surface area contributed by atoms with Gasteiger partial charge in [0.1, 0.15) is 0 Å². The maximum absolute atomic E-state index is 11.6. The van der Waals surface area contributed by atoms with Gasteiger partial charge in [0, 0.05) is 13.1 Å². The fourth-order valence-corrected chi connectivity index (χ4v) is 1.98. The molecule has 7 heteroatoms. The van der Waals surface area contributed by atoms with Crippen molar-refractivity contribution in [3.05, 3.63) is 0 Å². The average Bonchev–Trinajstić information content (AvgIpc) is 2.30. The van der Waals surface area contributed by atoms with E-state index in [1.807, 2.05) is 0 Å². The van der Waals surface area contributed by atoms with E-state index in [9.17, 15) is 9.59 Å². The van der Waals surface area contributed by atoms with Crippen LogP contribution in [0.4, 0.5) is 0 Å². The van der Waals surface area contributed by atoms with Gasteiger partial charge < -0.3 is 9.64 Å². The molecule has 92 valence electrons. The van der Waals surface area contributed by atoms with Gasteiger partial charge in [-0.25, -0.2) is 5.48 Å². The second-order valence-electron chi connectivity index (χ2n) is 3.22. The summed E-state index contributed by atoms with van der Waals surface area (Å²) < 4.78 is 5.14. The van der Waals surface area contributed by atoms with E-state index >= 15 is 0 Å². The van der Waals surface area contributed by atoms with Crippen LogP contribution in [0, 0.1) is 0 Å². The summed E-state index contributed by atoms with van der Waals surface area (Å²) in [5, 5.41) is 0. The molecule has 0 spiro atoms. The molecule has 1 fully saturated rings. The van der Waals surface area contributed by atoms with Crippen molar-refractivity contribution in [2.24, 2.45) is 0 Å². The van der Waals surface area contributed by atoms with E-state index in [1.54, 1.807) is 4.90 Å². The zero-order chi connectivity index (χ0) is 11.8. The van der Waals surface area contributed by atoms with Crippen molar-refractivity contribution >= 4 is 23.6 Å². The minimum absolute atomic E-state index is 0.0542. The Hall–Kier alpha value is -0.790. The van der Waals surface area contributed by atoms with E-state index in [0.29, 0.717) is 32.1 Å². The van der Waals surface area contributed by atoms with E-state index in [4.69, 9.17) is 4.74 Å². The Balaban J connectivity index is 2.12. The number of hydrogen-bond acceptors (Lipinski definition) is 5. The number of carbonyl (C=O) groups excluding carboxylic acids is 2. The predicted octanol–water partition coefficient (Wildman–Crippen LogP) is -0.744. The molecule has 0 bridgehead atoms. The fourth-order valence-electron chi connectivity index (χ4n) is 1.28. The molecule has 1 saturated heterocycles. The summed E-state index contributed by atoms with van der Waals surface area (Å²) in [5.41, 5.74) is 2.19. The molecule has 16 heavy (non-hydrogen) atoms. The molecule has 2 amide bonds. The molecule has 1 aliphatic rings. The quantitative estimate of drug-likeness (QED) is 0.649. The van der Waals surface area contributed by atoms with E-state index < -0.39 is 0 Å². The van der Waals surface area contributed by atoms with Crippen molar-refractivity contribution in [3.8, 4) is 0 Å². The second-order valence-corrected chi connectivity index (χ2v) is 4.20. The lowest BCUT2D eigenvalue weighted by Crippen LogP contribution is -2.41. The summed E-state index contributed by atoms with van der Waals surface area (Å²) in [5.74, 6) is 0.363. The standard InChI is InChI=1S/C9H16N2O4S/c1-14-10-8(12)6-16-7-9(13)11-2-4-15-5-3-11/h2-7H2,1H3,(H,10,12). The number of ether oxygens (including phenoxy) is 1. The summed E-state index contributed by atoms with van der Waals surface area (Å²) in [4.78, 5) is 28.8. The minimum atomic E-state index is -0.234. The first kappa shape index (κ1) is 13.3. The van der Waals surface area contributed by atoms with Gasteiger partial charge in [-0.2, -0.15) is 0 Å². The highest BCUT2D eigenvalue weighted by atomic mass is 32.2. The van der Waals surface area contributed by atoms with Crippen molar-refractivity contribution < 1.29 is 19.2 Å². The van der Waals surface area contributed by atoms with Crippen molar-refractivity contribution in [1.82, 2.24) is 10.4 Å². The first-order chi connectivity index (χ1) is 7.74. The third-order valence-electron chi connectivity index (χ3n) is 2.04. The van der Waals surface area contributed by atoms with Crippen molar-refractivity contribution in [2.75, 3.05) is 44.9 Å². The highest BCUT2D eigenvalue weighted by Crippen LogP contribution is 2.04. The summed E-state index contributed by atoms with van der Waals surface area (Å²) >= 11 is 1.28. The number of hydrogen-bond donors (Lipinski definition) is 1. The first-order valence-electron chi connectivity index (χ1n) is 4.99. The third-order valence-corrected chi connectivity index (χ3v) is 2.96. The first-order valence-corrected chi connectivity index (χ1v) is 6.14. The van der Waals surface area contributed by atoms with Gasteiger partial charge in [0.25, 0.3) is 5.91 Å². The molecule has 0 aromatic heterocycles. The highest BCUT2D eigenvalue weighted by Gasteiger charge is 2.16. The Labute approximate surface area is 98.6 Å². The summed E-state index contributed by atoms with van der Waals surface area (Å²) in [7, 11) is 1.38. The number of nitrogens with zero attached hydrogens (tertiary/aromatic N) is 1. The molecule has 0 radical (unpaired) electrons. The molecule has 0 aliphatic carbocycles. The van der Waals surface area contributed by atoms with Crippen LogP contribution in [-0.4, -0.2) is 61.6 Å². The molecule has 0 aromatic carbocycles. The SMILES string of the molecule is CONC(=O)CSCC(=O)N1CCOCC1. The van der Waals surface area contributed by atoms with Crippen LogP contribution in [0.15, 0.2) is 0 Å². The Morgan fingerprint density at radius 3 is 2.69 bits per heavy atom. The van der Waals surface area contributed by atoms with E-state index in [2.05, 4.69) is 10.3 Å². The van der Waals surface area contributed by atoms with Crippen molar-refractivity contribution in [2.45, 2.75) is 0 Å². The summed E-state index contributed by atoms with van der Waals surface area (Å²) in [6.07, 6.45) is 0. The van der Waals surface area contributed by atoms with E-state index in [-0.39, 0.29) is 17.6 Å². The van der Waals surface area contributed by atoms with Gasteiger partial charge in [-0.15, -0.1) is 11.8 Å². The van der Waals surface area contributed by atoms with Crippen LogP contribution in [0.5, 0.6) is 0 Å². The average molecular weight is 248 g/mol. The van der Waals surface area contributed by atoms with Gasteiger partial charge in [0.05, 0.1) is 31.8 Å². The predicted molar refractivity (Wildman–Crippen MR) is 59.9 cm³/mol. The zero-order valence-electron chi connectivity index (χ0n) is 9.23. The molecule has 1 heterocycles. The Morgan fingerprint density at radius 2 is 2.06 bits per heavy atom. The molecule has 0 unspecified atom stereocenters. The maximum Gasteiger partial charge on any atom is 0.253 e. The van der Waals surface area contributed by atoms with E-state index in [1.165, 1.54) is 18.9 Å². The number of rotatable bonds is 5. The number of morpholine rings is 1. The summed E-state index contributed by atoms with van der Waals surface area (Å²) in [6, 6.07) is 0. The fraction of sp³-hybridized carbons (Fsp3) is 0.778. The van der Waals surface area contributed by atoms with Crippen LogP contribution in [0.1, 0.15) is 0 Å². The summed E-state index contributed by atoms with van der Waals surface area (Å²) in [6.45, 7) is 2.48. The molecule has 1 aliphatic heterocycles. The smallest absolute Gasteiger partial charge is 0.253 e. The molecule has 1 N–H and O–H groups in total. The van der Waals surface area contributed by atoms with Gasteiger partial charge >= 0.3 is 0 Å². The minimum Gasteiger partial charge on any atom is -0.378 e. The number of amides is 2. The van der Waals surface area contributed by atoms with Gasteiger partial charge in [-0.1, -0.05) is 0 Å². The van der Waals surface area contributed by atoms with Crippen LogP contribution in [0.2, 0.25) is 0 Å². The van der Waals surface area contributed by atoms with Crippen molar-refractivity contribution in [1.29, 1.82) is 0 Å². The van der Waals surface area contributed by atoms with Crippen LogP contribution >= 0.6 is 11.8 Å². The lowest BCUT2D eigenvalue weighted by atomic mass is 10.4. The van der Waals surface area contributed by atoms with Crippen LogP contribution < -0.4 is 5.48 Å². The monoisotopic (exact) mass is 248 g/mol. The lowest BCUT2D eigenvalue weighted by molar-refractivity contribution is -0.132. The van der Waals surface area contributed by atoms with Crippen LogP contribution in [0.25, 0.3) is 0 Å². The molecule has 0 atom stereocenters. The van der Waals surface area contributed by atoms with Gasteiger partial charge in [-0.3, -0.25) is 14.4 Å². The topological polar surface area (TPSA) is 67.9 Å². The number of nitrogens with one attached hydrogen (secondary N) is 1. The lowest BCUT2D eigenvalue weighted by Gasteiger charge is -2.26. The Morgan fingerprint density at radius 1 is 1.38 bits per heavy atom. The number of carbonyl (C=O) groups is 2. The molecular weight excluding hydrogens is 232 g/mol. The van der Waals surface area contributed by atoms with Gasteiger partial charge in [-0.05, 0) is 0 Å². The maximum atomic E-state index is 11.6. The van der Waals surface area contributed by atoms with E-state index in [0.717, 1.165) is 0 Å². The third kappa shape index (κ3) is 4.82. The molecule has 1 rings (SSSR count). The Kier molecular flexibility index (Phi) is 6.20. The largest absolute Gasteiger partial charge is 0.378 e. The van der Waals surface area contributed by atoms with Crippen LogP contribution in [0.3, 0.4) is 0 Å². The molecule has 0 saturated carbocycles. The molecule has 6 nitrogen and oxygen atoms in total. The Bertz CT molecular complexity index is 244. The van der Waals surface area contributed by atoms with Gasteiger partial charge in [0.15, 0.2) is 0 Å². The molecular formula is C9H16N2O4S. The van der Waals surface area contributed by atoms with Crippen molar-refractivity contribution in [3.63, 3.8) is 0 Å². The normalized spacial score (nSPS) is 15.9. The van der Waals surface area contributed by atoms with Gasteiger partial charge in [0.2, 0.25) is 5.91 Å².